The monoisotopic (exact) mass is 575 g/mol. The van der Waals surface area contributed by atoms with Crippen LogP contribution in [0.15, 0.2) is 36.4 Å². The van der Waals surface area contributed by atoms with Crippen LogP contribution in [-0.4, -0.2) is 50.0 Å². The molecule has 0 saturated heterocycles. The first kappa shape index (κ1) is 30.2. The van der Waals surface area contributed by atoms with E-state index < -0.39 is 28.5 Å². The standard InChI is InChI=1S/C25H32Cl3N3O4S/c1-6-17(4)29-25(33)22(7-2)30(14-18-10-8-16(3)9-11-18)24(32)15-31(36(5,34)35)23-13-20(27)19(26)12-21(23)28/h8-13,17,22H,6-7,14-15H2,1-5H3,(H,29,33)/t17-,22+/m1/s1. The summed E-state index contributed by atoms with van der Waals surface area (Å²) < 4.78 is 26.3. The molecule has 0 aliphatic carbocycles. The Morgan fingerprint density at radius 2 is 1.56 bits per heavy atom. The number of nitrogens with zero attached hydrogens (tertiary/aromatic N) is 2. The van der Waals surface area contributed by atoms with Crippen LogP contribution in [0.1, 0.15) is 44.7 Å². The lowest BCUT2D eigenvalue weighted by Crippen LogP contribution is -2.53. The third-order valence-corrected chi connectivity index (χ3v) is 7.95. The molecule has 0 aromatic heterocycles. The Balaban J connectivity index is 2.50. The van der Waals surface area contributed by atoms with Crippen LogP contribution in [0.25, 0.3) is 0 Å². The second-order valence-corrected chi connectivity index (χ2v) is 11.9. The number of hydrogen-bond acceptors (Lipinski definition) is 4. The van der Waals surface area contributed by atoms with Gasteiger partial charge in [0.2, 0.25) is 21.8 Å². The van der Waals surface area contributed by atoms with E-state index in [1.54, 1.807) is 6.92 Å². The summed E-state index contributed by atoms with van der Waals surface area (Å²) in [5.74, 6) is -0.861. The Morgan fingerprint density at radius 3 is 2.08 bits per heavy atom. The summed E-state index contributed by atoms with van der Waals surface area (Å²) in [7, 11) is -3.95. The zero-order valence-corrected chi connectivity index (χ0v) is 24.1. The number of amides is 2. The summed E-state index contributed by atoms with van der Waals surface area (Å²) in [5.41, 5.74) is 1.88. The van der Waals surface area contributed by atoms with Crippen molar-refractivity contribution in [1.29, 1.82) is 0 Å². The van der Waals surface area contributed by atoms with Gasteiger partial charge in [0.15, 0.2) is 0 Å². The van der Waals surface area contributed by atoms with E-state index in [2.05, 4.69) is 5.32 Å². The quantitative estimate of drug-likeness (QED) is 0.361. The molecule has 2 rings (SSSR count). The molecule has 0 heterocycles. The fourth-order valence-corrected chi connectivity index (χ4v) is 5.10. The summed E-state index contributed by atoms with van der Waals surface area (Å²) in [6.07, 6.45) is 2.04. The van der Waals surface area contributed by atoms with Crippen molar-refractivity contribution >= 4 is 62.3 Å². The van der Waals surface area contributed by atoms with E-state index in [0.29, 0.717) is 6.42 Å². The van der Waals surface area contributed by atoms with E-state index in [0.717, 1.165) is 28.1 Å². The van der Waals surface area contributed by atoms with E-state index >= 15 is 0 Å². The lowest BCUT2D eigenvalue weighted by Gasteiger charge is -2.33. The third-order valence-electron chi connectivity index (χ3n) is 5.80. The van der Waals surface area contributed by atoms with Gasteiger partial charge < -0.3 is 10.2 Å². The Kier molecular flexibility index (Phi) is 10.9. The van der Waals surface area contributed by atoms with Gasteiger partial charge in [0.25, 0.3) is 0 Å². The van der Waals surface area contributed by atoms with Gasteiger partial charge in [-0.25, -0.2) is 8.42 Å². The van der Waals surface area contributed by atoms with Gasteiger partial charge in [-0.2, -0.15) is 0 Å². The van der Waals surface area contributed by atoms with Crippen molar-refractivity contribution in [3.05, 3.63) is 62.6 Å². The molecule has 2 aromatic carbocycles. The number of rotatable bonds is 11. The minimum absolute atomic E-state index is 0.0225. The van der Waals surface area contributed by atoms with Crippen LogP contribution in [0, 0.1) is 6.92 Å². The SMILES string of the molecule is CC[C@@H](C)NC(=O)[C@H](CC)N(Cc1ccc(C)cc1)C(=O)CN(c1cc(Cl)c(Cl)cc1Cl)S(C)(=O)=O. The van der Waals surface area contributed by atoms with Crippen molar-refractivity contribution in [3.8, 4) is 0 Å². The number of halogens is 3. The van der Waals surface area contributed by atoms with E-state index in [1.165, 1.54) is 17.0 Å². The lowest BCUT2D eigenvalue weighted by atomic mass is 10.1. The average molecular weight is 577 g/mol. The number of anilines is 1. The van der Waals surface area contributed by atoms with Gasteiger partial charge in [-0.15, -0.1) is 0 Å². The van der Waals surface area contributed by atoms with Gasteiger partial charge in [0, 0.05) is 12.6 Å². The van der Waals surface area contributed by atoms with Crippen molar-refractivity contribution in [2.24, 2.45) is 0 Å². The molecule has 0 aliphatic heterocycles. The third kappa shape index (κ3) is 8.00. The summed E-state index contributed by atoms with van der Waals surface area (Å²) in [4.78, 5) is 28.2. The number of carbonyl (C=O) groups excluding carboxylic acids is 2. The van der Waals surface area contributed by atoms with Crippen LogP contribution in [0.5, 0.6) is 0 Å². The number of aryl methyl sites for hydroxylation is 1. The molecule has 198 valence electrons. The molecule has 7 nitrogen and oxygen atoms in total. The molecule has 11 heteroatoms. The van der Waals surface area contributed by atoms with E-state index in [4.69, 9.17) is 34.8 Å². The molecule has 1 N–H and O–H groups in total. The smallest absolute Gasteiger partial charge is 0.244 e. The van der Waals surface area contributed by atoms with E-state index in [-0.39, 0.29) is 39.2 Å². The summed E-state index contributed by atoms with van der Waals surface area (Å²) >= 11 is 18.4. The van der Waals surface area contributed by atoms with Crippen LogP contribution in [0.3, 0.4) is 0 Å². The highest BCUT2D eigenvalue weighted by atomic mass is 35.5. The normalized spacial score (nSPS) is 13.1. The molecule has 2 atom stereocenters. The molecule has 0 spiro atoms. The second kappa shape index (κ2) is 13.0. The summed E-state index contributed by atoms with van der Waals surface area (Å²) in [5, 5.41) is 3.20. The number of sulfonamides is 1. The maximum Gasteiger partial charge on any atom is 0.244 e. The molecular formula is C25H32Cl3N3O4S. The first-order chi connectivity index (χ1) is 16.8. The fourth-order valence-electron chi connectivity index (χ4n) is 3.55. The van der Waals surface area contributed by atoms with E-state index in [1.807, 2.05) is 45.0 Å². The van der Waals surface area contributed by atoms with E-state index in [9.17, 15) is 18.0 Å². The van der Waals surface area contributed by atoms with Crippen molar-refractivity contribution in [3.63, 3.8) is 0 Å². The van der Waals surface area contributed by atoms with Crippen molar-refractivity contribution < 1.29 is 18.0 Å². The molecule has 0 saturated carbocycles. The zero-order chi connectivity index (χ0) is 27.2. The molecule has 2 aromatic rings. The Hall–Kier alpha value is -2.00. The first-order valence-corrected chi connectivity index (χ1v) is 14.5. The molecule has 0 bridgehead atoms. The molecule has 0 radical (unpaired) electrons. The largest absolute Gasteiger partial charge is 0.352 e. The second-order valence-electron chi connectivity index (χ2n) is 8.74. The van der Waals surface area contributed by atoms with Crippen molar-refractivity contribution in [2.75, 3.05) is 17.1 Å². The highest BCUT2D eigenvalue weighted by Gasteiger charge is 2.32. The van der Waals surface area contributed by atoms with Crippen LogP contribution < -0.4 is 9.62 Å². The number of hydrogen-bond donors (Lipinski definition) is 1. The minimum Gasteiger partial charge on any atom is -0.352 e. The molecule has 2 amide bonds. The van der Waals surface area contributed by atoms with Gasteiger partial charge in [-0.05, 0) is 44.4 Å². The number of benzene rings is 2. The topological polar surface area (TPSA) is 86.8 Å². The highest BCUT2D eigenvalue weighted by Crippen LogP contribution is 2.35. The molecular weight excluding hydrogens is 545 g/mol. The van der Waals surface area contributed by atoms with Crippen LogP contribution in [-0.2, 0) is 26.2 Å². The maximum atomic E-state index is 13.7. The first-order valence-electron chi connectivity index (χ1n) is 11.6. The van der Waals surface area contributed by atoms with Crippen LogP contribution >= 0.6 is 34.8 Å². The van der Waals surface area contributed by atoms with Gasteiger partial charge in [-0.1, -0.05) is 78.5 Å². The minimum atomic E-state index is -3.95. The average Bonchev–Trinajstić information content (AvgIpc) is 2.80. The van der Waals surface area contributed by atoms with Gasteiger partial charge >= 0.3 is 0 Å². The predicted octanol–water partition coefficient (Wildman–Crippen LogP) is 5.44. The number of nitrogens with one attached hydrogen (secondary N) is 1. The Bertz CT molecular complexity index is 1190. The lowest BCUT2D eigenvalue weighted by molar-refractivity contribution is -0.140. The molecule has 0 aliphatic rings. The van der Waals surface area contributed by atoms with Gasteiger partial charge in [0.1, 0.15) is 12.6 Å². The van der Waals surface area contributed by atoms with Crippen LogP contribution in [0.2, 0.25) is 15.1 Å². The van der Waals surface area contributed by atoms with Crippen LogP contribution in [0.4, 0.5) is 5.69 Å². The molecule has 36 heavy (non-hydrogen) atoms. The summed E-state index contributed by atoms with van der Waals surface area (Å²) in [6, 6.07) is 9.31. The van der Waals surface area contributed by atoms with Crippen molar-refractivity contribution in [1.82, 2.24) is 10.2 Å². The molecule has 0 unspecified atom stereocenters. The summed E-state index contributed by atoms with van der Waals surface area (Å²) in [6.45, 7) is 7.14. The van der Waals surface area contributed by atoms with Gasteiger partial charge in [0.05, 0.1) is 27.0 Å². The predicted molar refractivity (Wildman–Crippen MR) is 147 cm³/mol. The highest BCUT2D eigenvalue weighted by molar-refractivity contribution is 7.92. The zero-order valence-electron chi connectivity index (χ0n) is 21.0. The molecule has 0 fully saturated rings. The number of carbonyl (C=O) groups is 2. The Morgan fingerprint density at radius 1 is 0.972 bits per heavy atom. The fraction of sp³-hybridized carbons (Fsp3) is 0.440. The Labute approximate surface area is 228 Å². The maximum absolute atomic E-state index is 13.7. The van der Waals surface area contributed by atoms with Gasteiger partial charge in [-0.3, -0.25) is 13.9 Å². The van der Waals surface area contributed by atoms with Crippen molar-refractivity contribution in [2.45, 2.75) is 59.2 Å².